The van der Waals surface area contributed by atoms with Crippen molar-refractivity contribution in [3.63, 3.8) is 0 Å². The summed E-state index contributed by atoms with van der Waals surface area (Å²) < 4.78 is 1.86. The first-order valence-corrected chi connectivity index (χ1v) is 5.15. The fraction of sp³-hybridized carbons (Fsp3) is 0.417. The second kappa shape index (κ2) is 5.51. The maximum Gasteiger partial charge on any atom is 0.174 e. The number of aromatic hydroxyl groups is 1. The standard InChI is InChI=1S/C12H17NO2/c1-3-10-4-5-12(15)11(8-10)9-13(2)6-7-14/h4-5,8-9,14H,3,6-7H2,1-2H3/p+1. The van der Waals surface area contributed by atoms with Gasteiger partial charge in [-0.3, -0.25) is 0 Å². The summed E-state index contributed by atoms with van der Waals surface area (Å²) in [6.07, 6.45) is 2.79. The Kier molecular flexibility index (Phi) is 4.31. The summed E-state index contributed by atoms with van der Waals surface area (Å²) in [4.78, 5) is 0. The van der Waals surface area contributed by atoms with Crippen molar-refractivity contribution >= 4 is 6.21 Å². The van der Waals surface area contributed by atoms with Crippen molar-refractivity contribution in [2.45, 2.75) is 13.3 Å². The predicted molar refractivity (Wildman–Crippen MR) is 60.8 cm³/mol. The van der Waals surface area contributed by atoms with E-state index in [9.17, 15) is 5.11 Å². The number of rotatable bonds is 4. The molecule has 3 heteroatoms. The van der Waals surface area contributed by atoms with Gasteiger partial charge in [0.25, 0.3) is 0 Å². The molecular weight excluding hydrogens is 190 g/mol. The first kappa shape index (κ1) is 11.7. The Labute approximate surface area is 90.3 Å². The lowest BCUT2D eigenvalue weighted by Crippen LogP contribution is -2.12. The zero-order valence-electron chi connectivity index (χ0n) is 9.27. The molecule has 2 N–H and O–H groups in total. The maximum atomic E-state index is 9.63. The number of phenolic OH excluding ortho intramolecular Hbond substituents is 1. The molecule has 0 heterocycles. The normalized spacial score (nSPS) is 11.8. The van der Waals surface area contributed by atoms with Gasteiger partial charge in [-0.25, -0.2) is 4.58 Å². The van der Waals surface area contributed by atoms with E-state index in [4.69, 9.17) is 5.11 Å². The van der Waals surface area contributed by atoms with Gasteiger partial charge in [0.1, 0.15) is 19.4 Å². The van der Waals surface area contributed by atoms with Crippen LogP contribution in [0.2, 0.25) is 0 Å². The Balaban J connectivity index is 2.97. The number of phenols is 1. The van der Waals surface area contributed by atoms with E-state index in [1.54, 1.807) is 6.07 Å². The molecule has 0 saturated carbocycles. The zero-order chi connectivity index (χ0) is 11.3. The molecule has 1 rings (SSSR count). The molecule has 15 heavy (non-hydrogen) atoms. The van der Waals surface area contributed by atoms with Gasteiger partial charge in [-0.1, -0.05) is 13.0 Å². The number of likely N-dealkylation sites (N-methyl/N-ethyl adjacent to an activating group) is 1. The van der Waals surface area contributed by atoms with Crippen molar-refractivity contribution in [1.82, 2.24) is 0 Å². The van der Waals surface area contributed by atoms with Gasteiger partial charge in [0, 0.05) is 0 Å². The van der Waals surface area contributed by atoms with Crippen molar-refractivity contribution in [3.8, 4) is 5.75 Å². The van der Waals surface area contributed by atoms with Crippen LogP contribution in [0.25, 0.3) is 0 Å². The van der Waals surface area contributed by atoms with Crippen LogP contribution >= 0.6 is 0 Å². The number of benzene rings is 1. The van der Waals surface area contributed by atoms with E-state index in [2.05, 4.69) is 6.92 Å². The molecule has 82 valence electrons. The van der Waals surface area contributed by atoms with Crippen LogP contribution in [0.3, 0.4) is 0 Å². The van der Waals surface area contributed by atoms with Gasteiger partial charge in [-0.2, -0.15) is 0 Å². The highest BCUT2D eigenvalue weighted by Crippen LogP contribution is 2.16. The molecule has 0 aliphatic heterocycles. The molecule has 0 unspecified atom stereocenters. The zero-order valence-corrected chi connectivity index (χ0v) is 9.27. The van der Waals surface area contributed by atoms with E-state index in [1.807, 2.05) is 30.0 Å². The molecule has 0 radical (unpaired) electrons. The monoisotopic (exact) mass is 208 g/mol. The highest BCUT2D eigenvalue weighted by atomic mass is 16.3. The molecular formula is C12H18NO2+. The predicted octanol–water partition coefficient (Wildman–Crippen LogP) is 1.01. The van der Waals surface area contributed by atoms with Crippen molar-refractivity contribution in [2.24, 2.45) is 0 Å². The summed E-state index contributed by atoms with van der Waals surface area (Å²) in [5, 5.41) is 18.4. The highest BCUT2D eigenvalue weighted by molar-refractivity contribution is 5.80. The molecule has 0 aromatic heterocycles. The van der Waals surface area contributed by atoms with Gasteiger partial charge in [-0.05, 0) is 24.1 Å². The van der Waals surface area contributed by atoms with E-state index in [0.717, 1.165) is 12.0 Å². The third-order valence-corrected chi connectivity index (χ3v) is 2.31. The summed E-state index contributed by atoms with van der Waals surface area (Å²) in [7, 11) is 1.87. The number of aliphatic hydroxyl groups excluding tert-OH is 1. The summed E-state index contributed by atoms with van der Waals surface area (Å²) in [6, 6.07) is 5.58. The van der Waals surface area contributed by atoms with E-state index in [0.29, 0.717) is 6.54 Å². The van der Waals surface area contributed by atoms with E-state index >= 15 is 0 Å². The fourth-order valence-electron chi connectivity index (χ4n) is 1.39. The van der Waals surface area contributed by atoms with Crippen LogP contribution in [-0.2, 0) is 6.42 Å². The molecule has 0 aliphatic rings. The average molecular weight is 208 g/mol. The molecule has 1 aromatic rings. The smallest absolute Gasteiger partial charge is 0.174 e. The van der Waals surface area contributed by atoms with Crippen LogP contribution in [0.1, 0.15) is 18.1 Å². The largest absolute Gasteiger partial charge is 0.507 e. The number of aliphatic hydroxyl groups is 1. The van der Waals surface area contributed by atoms with Crippen LogP contribution in [-0.4, -0.2) is 41.2 Å². The third-order valence-electron chi connectivity index (χ3n) is 2.31. The summed E-state index contributed by atoms with van der Waals surface area (Å²) in [6.45, 7) is 2.75. The SMILES string of the molecule is CCc1ccc(O)c(C=[N+](C)CCO)c1. The van der Waals surface area contributed by atoms with Crippen LogP contribution < -0.4 is 0 Å². The quantitative estimate of drug-likeness (QED) is 0.573. The van der Waals surface area contributed by atoms with Gasteiger partial charge in [0.15, 0.2) is 12.8 Å². The molecule has 3 nitrogen and oxygen atoms in total. The molecule has 0 spiro atoms. The average Bonchev–Trinajstić information content (AvgIpc) is 2.21. The number of nitrogens with zero attached hydrogens (tertiary/aromatic N) is 1. The first-order chi connectivity index (χ1) is 7.17. The molecule has 0 saturated heterocycles. The second-order valence-corrected chi connectivity index (χ2v) is 3.58. The minimum Gasteiger partial charge on any atom is -0.507 e. The summed E-state index contributed by atoms with van der Waals surface area (Å²) in [5.74, 6) is 0.275. The minimum atomic E-state index is 0.112. The minimum absolute atomic E-state index is 0.112. The van der Waals surface area contributed by atoms with Crippen molar-refractivity contribution in [3.05, 3.63) is 29.3 Å². The highest BCUT2D eigenvalue weighted by Gasteiger charge is 2.04. The summed E-state index contributed by atoms with van der Waals surface area (Å²) >= 11 is 0. The van der Waals surface area contributed by atoms with E-state index < -0.39 is 0 Å². The van der Waals surface area contributed by atoms with Crippen molar-refractivity contribution in [2.75, 3.05) is 20.2 Å². The van der Waals surface area contributed by atoms with Crippen LogP contribution in [0, 0.1) is 0 Å². The van der Waals surface area contributed by atoms with Gasteiger partial charge in [0.05, 0.1) is 5.56 Å². The van der Waals surface area contributed by atoms with Crippen molar-refractivity contribution < 1.29 is 14.8 Å². The van der Waals surface area contributed by atoms with Gasteiger partial charge in [0.2, 0.25) is 0 Å². The first-order valence-electron chi connectivity index (χ1n) is 5.15. The summed E-state index contributed by atoms with van der Waals surface area (Å²) in [5.41, 5.74) is 1.99. The van der Waals surface area contributed by atoms with Gasteiger partial charge in [-0.15, -0.1) is 0 Å². The number of hydrogen-bond donors (Lipinski definition) is 2. The lowest BCUT2D eigenvalue weighted by atomic mass is 10.1. The van der Waals surface area contributed by atoms with E-state index in [1.165, 1.54) is 5.56 Å². The Morgan fingerprint density at radius 3 is 2.73 bits per heavy atom. The Morgan fingerprint density at radius 2 is 2.13 bits per heavy atom. The Morgan fingerprint density at radius 1 is 1.40 bits per heavy atom. The molecule has 0 bridgehead atoms. The number of hydrogen-bond acceptors (Lipinski definition) is 2. The third kappa shape index (κ3) is 3.36. The maximum absolute atomic E-state index is 9.63. The van der Waals surface area contributed by atoms with E-state index in [-0.39, 0.29) is 12.4 Å². The lowest BCUT2D eigenvalue weighted by molar-refractivity contribution is -0.494. The lowest BCUT2D eigenvalue weighted by Gasteiger charge is -2.01. The molecule has 0 fully saturated rings. The number of aryl methyl sites for hydroxylation is 1. The molecule has 1 aromatic carbocycles. The van der Waals surface area contributed by atoms with Crippen LogP contribution in [0.5, 0.6) is 5.75 Å². The Bertz CT molecular complexity index is 359. The van der Waals surface area contributed by atoms with Crippen LogP contribution in [0.4, 0.5) is 0 Å². The molecule has 0 amide bonds. The molecule has 0 atom stereocenters. The second-order valence-electron chi connectivity index (χ2n) is 3.58. The Hall–Kier alpha value is -1.35. The topological polar surface area (TPSA) is 43.5 Å². The van der Waals surface area contributed by atoms with Gasteiger partial charge >= 0.3 is 0 Å². The fourth-order valence-corrected chi connectivity index (χ4v) is 1.39. The van der Waals surface area contributed by atoms with Crippen LogP contribution in [0.15, 0.2) is 18.2 Å². The van der Waals surface area contributed by atoms with Gasteiger partial charge < -0.3 is 10.2 Å². The molecule has 0 aliphatic carbocycles. The van der Waals surface area contributed by atoms with Crippen molar-refractivity contribution in [1.29, 1.82) is 0 Å².